The van der Waals surface area contributed by atoms with Crippen LogP contribution in [0.5, 0.6) is 11.5 Å². The molecule has 0 unspecified atom stereocenters. The Morgan fingerprint density at radius 3 is 2.74 bits per heavy atom. The van der Waals surface area contributed by atoms with Gasteiger partial charge in [-0.3, -0.25) is 14.3 Å². The highest BCUT2D eigenvalue weighted by molar-refractivity contribution is 6.06. The number of amides is 2. The molecule has 0 aliphatic carbocycles. The van der Waals surface area contributed by atoms with Gasteiger partial charge < -0.3 is 24.5 Å². The first-order chi connectivity index (χ1) is 18.4. The highest BCUT2D eigenvalue weighted by Gasteiger charge is 2.18. The van der Waals surface area contributed by atoms with Crippen molar-refractivity contribution in [2.24, 2.45) is 0 Å². The van der Waals surface area contributed by atoms with E-state index in [0.717, 1.165) is 22.4 Å². The molecule has 38 heavy (non-hydrogen) atoms. The number of nitrogens with zero attached hydrogens (tertiary/aromatic N) is 2. The van der Waals surface area contributed by atoms with E-state index in [2.05, 4.69) is 15.7 Å². The third kappa shape index (κ3) is 6.91. The van der Waals surface area contributed by atoms with Crippen LogP contribution in [0.15, 0.2) is 77.6 Å². The Bertz CT molecular complexity index is 1420. The van der Waals surface area contributed by atoms with Gasteiger partial charge in [-0.15, -0.1) is 0 Å². The molecule has 9 nitrogen and oxygen atoms in total. The van der Waals surface area contributed by atoms with Gasteiger partial charge in [-0.05, 0) is 67.4 Å². The zero-order valence-electron chi connectivity index (χ0n) is 21.6. The molecule has 0 spiro atoms. The first kappa shape index (κ1) is 26.3. The minimum Gasteiger partial charge on any atom is -0.496 e. The van der Waals surface area contributed by atoms with Gasteiger partial charge in [-0.1, -0.05) is 18.2 Å². The van der Waals surface area contributed by atoms with Crippen LogP contribution in [-0.4, -0.2) is 28.7 Å². The average Bonchev–Trinajstić information content (AvgIpc) is 3.59. The standard InChI is InChI=1S/C29H30N4O5/c1-4-33-18-25(28(32-33)29(35)30-17-24-9-6-14-37-24)31-27(34)13-11-21-10-12-26(36-3)22(16-21)19-38-23-8-5-7-20(2)15-23/h5-16,18H,4,17,19H2,1-3H3,(H,30,35)(H,31,34)/b13-11+. The number of carbonyl (C=O) groups is 2. The summed E-state index contributed by atoms with van der Waals surface area (Å²) in [6.45, 7) is 4.97. The largest absolute Gasteiger partial charge is 0.496 e. The van der Waals surface area contributed by atoms with Crippen LogP contribution in [0.3, 0.4) is 0 Å². The Morgan fingerprint density at radius 2 is 2.00 bits per heavy atom. The summed E-state index contributed by atoms with van der Waals surface area (Å²) in [7, 11) is 1.60. The second-order valence-corrected chi connectivity index (χ2v) is 8.51. The fraction of sp³-hybridized carbons (Fsp3) is 0.207. The van der Waals surface area contributed by atoms with Gasteiger partial charge in [0.15, 0.2) is 5.69 Å². The Morgan fingerprint density at radius 1 is 1.13 bits per heavy atom. The molecule has 0 bridgehead atoms. The molecule has 0 radical (unpaired) electrons. The third-order valence-electron chi connectivity index (χ3n) is 5.68. The van der Waals surface area contributed by atoms with Crippen LogP contribution >= 0.6 is 0 Å². The monoisotopic (exact) mass is 514 g/mol. The molecular weight excluding hydrogens is 484 g/mol. The van der Waals surface area contributed by atoms with Crippen molar-refractivity contribution in [3.63, 3.8) is 0 Å². The predicted octanol–water partition coefficient (Wildman–Crippen LogP) is 4.97. The smallest absolute Gasteiger partial charge is 0.274 e. The molecule has 2 N–H and O–H groups in total. The molecule has 4 aromatic rings. The number of hydrogen-bond acceptors (Lipinski definition) is 6. The molecule has 2 amide bonds. The highest BCUT2D eigenvalue weighted by atomic mass is 16.5. The summed E-state index contributed by atoms with van der Waals surface area (Å²) in [5.41, 5.74) is 3.20. The molecule has 0 fully saturated rings. The van der Waals surface area contributed by atoms with Gasteiger partial charge >= 0.3 is 0 Å². The molecule has 0 aliphatic rings. The summed E-state index contributed by atoms with van der Waals surface area (Å²) >= 11 is 0. The van der Waals surface area contributed by atoms with Crippen molar-refractivity contribution in [2.45, 2.75) is 33.5 Å². The molecule has 9 heteroatoms. The van der Waals surface area contributed by atoms with Gasteiger partial charge in [0.05, 0.1) is 25.6 Å². The van der Waals surface area contributed by atoms with Crippen LogP contribution in [0, 0.1) is 6.92 Å². The van der Waals surface area contributed by atoms with Gasteiger partial charge in [-0.2, -0.15) is 5.10 Å². The Kier molecular flexibility index (Phi) is 8.61. The number of anilines is 1. The second-order valence-electron chi connectivity index (χ2n) is 8.51. The number of benzene rings is 2. The lowest BCUT2D eigenvalue weighted by atomic mass is 10.1. The Balaban J connectivity index is 1.42. The normalized spacial score (nSPS) is 10.9. The second kappa shape index (κ2) is 12.4. The maximum atomic E-state index is 12.7. The van der Waals surface area contributed by atoms with Gasteiger partial charge in [0.25, 0.3) is 5.91 Å². The Labute approximate surface area is 221 Å². The lowest BCUT2D eigenvalue weighted by Gasteiger charge is -2.11. The SMILES string of the molecule is CCn1cc(NC(=O)/C=C/c2ccc(OC)c(COc3cccc(C)c3)c2)c(C(=O)NCc2ccco2)n1. The van der Waals surface area contributed by atoms with Gasteiger partial charge in [0, 0.05) is 24.4 Å². The first-order valence-corrected chi connectivity index (χ1v) is 12.2. The summed E-state index contributed by atoms with van der Waals surface area (Å²) < 4.78 is 18.2. The molecule has 2 heterocycles. The van der Waals surface area contributed by atoms with Crippen molar-refractivity contribution < 1.29 is 23.5 Å². The third-order valence-corrected chi connectivity index (χ3v) is 5.68. The van der Waals surface area contributed by atoms with Crippen LogP contribution in [0.1, 0.15) is 39.9 Å². The lowest BCUT2D eigenvalue weighted by Crippen LogP contribution is -2.24. The maximum absolute atomic E-state index is 12.7. The number of furan rings is 1. The number of methoxy groups -OCH3 is 1. The van der Waals surface area contributed by atoms with Crippen LogP contribution in [0.25, 0.3) is 6.08 Å². The van der Waals surface area contributed by atoms with Gasteiger partial charge in [-0.25, -0.2) is 0 Å². The van der Waals surface area contributed by atoms with E-state index >= 15 is 0 Å². The van der Waals surface area contributed by atoms with E-state index in [1.165, 1.54) is 12.3 Å². The zero-order chi connectivity index (χ0) is 26.9. The molecular formula is C29H30N4O5. The topological polar surface area (TPSA) is 108 Å². The minimum absolute atomic E-state index is 0.125. The van der Waals surface area contributed by atoms with E-state index < -0.39 is 11.8 Å². The van der Waals surface area contributed by atoms with E-state index in [0.29, 0.717) is 30.3 Å². The fourth-order valence-corrected chi connectivity index (χ4v) is 3.73. The summed E-state index contributed by atoms with van der Waals surface area (Å²) in [5, 5.41) is 9.80. The predicted molar refractivity (Wildman–Crippen MR) is 144 cm³/mol. The van der Waals surface area contributed by atoms with Crippen molar-refractivity contribution in [3.05, 3.63) is 101 Å². The summed E-state index contributed by atoms with van der Waals surface area (Å²) in [4.78, 5) is 25.4. The average molecular weight is 515 g/mol. The van der Waals surface area contributed by atoms with E-state index in [4.69, 9.17) is 13.9 Å². The van der Waals surface area contributed by atoms with Crippen molar-refractivity contribution in [1.82, 2.24) is 15.1 Å². The number of aromatic nitrogens is 2. The van der Waals surface area contributed by atoms with E-state index in [-0.39, 0.29) is 12.2 Å². The van der Waals surface area contributed by atoms with Gasteiger partial charge in [0.2, 0.25) is 5.91 Å². The molecule has 0 atom stereocenters. The van der Waals surface area contributed by atoms with Gasteiger partial charge in [0.1, 0.15) is 23.9 Å². The van der Waals surface area contributed by atoms with Crippen LogP contribution < -0.4 is 20.1 Å². The molecule has 0 aliphatic heterocycles. The number of carbonyl (C=O) groups excluding carboxylic acids is 2. The van der Waals surface area contributed by atoms with E-state index in [1.807, 2.05) is 56.3 Å². The maximum Gasteiger partial charge on any atom is 0.274 e. The molecule has 0 saturated carbocycles. The van der Waals surface area contributed by atoms with Crippen LogP contribution in [-0.2, 0) is 24.5 Å². The van der Waals surface area contributed by atoms with E-state index in [9.17, 15) is 9.59 Å². The number of rotatable bonds is 11. The zero-order valence-corrected chi connectivity index (χ0v) is 21.6. The number of aryl methyl sites for hydroxylation is 2. The van der Waals surface area contributed by atoms with Crippen molar-refractivity contribution in [3.8, 4) is 11.5 Å². The van der Waals surface area contributed by atoms with Crippen LogP contribution in [0.2, 0.25) is 0 Å². The minimum atomic E-state index is -0.415. The summed E-state index contributed by atoms with van der Waals surface area (Å²) in [6.07, 6.45) is 6.25. The molecule has 2 aromatic heterocycles. The Hall–Kier alpha value is -4.79. The van der Waals surface area contributed by atoms with E-state index in [1.54, 1.807) is 36.2 Å². The number of ether oxygens (including phenoxy) is 2. The molecule has 4 rings (SSSR count). The quantitative estimate of drug-likeness (QED) is 0.274. The molecule has 0 saturated heterocycles. The van der Waals surface area contributed by atoms with Crippen molar-refractivity contribution in [1.29, 1.82) is 0 Å². The van der Waals surface area contributed by atoms with Crippen molar-refractivity contribution >= 4 is 23.6 Å². The van der Waals surface area contributed by atoms with Crippen molar-refractivity contribution in [2.75, 3.05) is 12.4 Å². The fourth-order valence-electron chi connectivity index (χ4n) is 3.73. The number of nitrogens with one attached hydrogen (secondary N) is 2. The molecule has 2 aromatic carbocycles. The molecule has 196 valence electrons. The lowest BCUT2D eigenvalue weighted by molar-refractivity contribution is -0.111. The van der Waals surface area contributed by atoms with Crippen LogP contribution in [0.4, 0.5) is 5.69 Å². The highest BCUT2D eigenvalue weighted by Crippen LogP contribution is 2.23. The summed E-state index contributed by atoms with van der Waals surface area (Å²) in [6, 6.07) is 16.9. The summed E-state index contributed by atoms with van der Waals surface area (Å²) in [5.74, 6) is 1.26. The first-order valence-electron chi connectivity index (χ1n) is 12.2. The number of hydrogen-bond donors (Lipinski definition) is 2.